The van der Waals surface area contributed by atoms with Gasteiger partial charge in [0.25, 0.3) is 0 Å². The third-order valence-corrected chi connectivity index (χ3v) is 14.2. The molecule has 0 aliphatic rings. The van der Waals surface area contributed by atoms with Gasteiger partial charge in [-0.3, -0.25) is 18.6 Å². The van der Waals surface area contributed by atoms with Crippen LogP contribution in [0.3, 0.4) is 0 Å². The SMILES string of the molecule is CC/C=C\C/C=C\C/C=C\C/C=C\C/C=C\CCCCCCCC(=O)OC(COC(=O)CCCCCCCCCCCCCCCCCCC/C=C\CCCCCCCCCC)COP(=O)(O)OCC[N+](C)(C)C. The summed E-state index contributed by atoms with van der Waals surface area (Å²) in [6.45, 7) is 4.32. The summed E-state index contributed by atoms with van der Waals surface area (Å²) in [7, 11) is 1.46. The number of esters is 2. The molecule has 430 valence electrons. The van der Waals surface area contributed by atoms with Crippen molar-refractivity contribution in [3.05, 3.63) is 72.9 Å². The molecular formula is C64H117NO8P+. The molecule has 9 nitrogen and oxygen atoms in total. The van der Waals surface area contributed by atoms with E-state index in [0.29, 0.717) is 17.4 Å². The fourth-order valence-electron chi connectivity index (χ4n) is 8.51. The van der Waals surface area contributed by atoms with Gasteiger partial charge in [-0.1, -0.05) is 247 Å². The average Bonchev–Trinajstić information content (AvgIpc) is 3.36. The summed E-state index contributed by atoms with van der Waals surface area (Å²) in [4.78, 5) is 35.7. The molecule has 10 heteroatoms. The van der Waals surface area contributed by atoms with Gasteiger partial charge in [0.15, 0.2) is 6.10 Å². The molecule has 0 radical (unpaired) electrons. The van der Waals surface area contributed by atoms with Gasteiger partial charge in [-0.15, -0.1) is 0 Å². The number of rotatable bonds is 56. The van der Waals surface area contributed by atoms with E-state index in [2.05, 4.69) is 86.8 Å². The van der Waals surface area contributed by atoms with Crippen LogP contribution in [-0.4, -0.2) is 74.9 Å². The molecule has 0 saturated carbocycles. The molecule has 0 aromatic heterocycles. The van der Waals surface area contributed by atoms with Crippen molar-refractivity contribution < 1.29 is 42.1 Å². The minimum absolute atomic E-state index is 0.0254. The van der Waals surface area contributed by atoms with Gasteiger partial charge in [0.05, 0.1) is 27.7 Å². The van der Waals surface area contributed by atoms with Gasteiger partial charge in [0, 0.05) is 12.8 Å². The fraction of sp³-hybridized carbons (Fsp3) is 0.781. The molecule has 0 aliphatic carbocycles. The van der Waals surface area contributed by atoms with Crippen LogP contribution in [-0.2, 0) is 32.7 Å². The smallest absolute Gasteiger partial charge is 0.462 e. The summed E-state index contributed by atoms with van der Waals surface area (Å²) in [5.41, 5.74) is 0. The monoisotopic (exact) mass is 1060 g/mol. The second-order valence-corrected chi connectivity index (χ2v) is 23.2. The average molecular weight is 1060 g/mol. The molecule has 0 aromatic rings. The zero-order chi connectivity index (χ0) is 54.2. The van der Waals surface area contributed by atoms with Crippen LogP contribution in [0.25, 0.3) is 0 Å². The molecule has 0 bridgehead atoms. The number of phosphoric ester groups is 1. The van der Waals surface area contributed by atoms with E-state index in [-0.39, 0.29) is 32.0 Å². The van der Waals surface area contributed by atoms with Crippen molar-refractivity contribution in [1.82, 2.24) is 0 Å². The molecule has 2 unspecified atom stereocenters. The topological polar surface area (TPSA) is 108 Å². The quantitative estimate of drug-likeness (QED) is 0.0211. The summed E-state index contributed by atoms with van der Waals surface area (Å²) in [6, 6.07) is 0. The molecule has 0 saturated heterocycles. The van der Waals surface area contributed by atoms with Crippen LogP contribution in [0.5, 0.6) is 0 Å². The molecule has 74 heavy (non-hydrogen) atoms. The van der Waals surface area contributed by atoms with E-state index >= 15 is 0 Å². The number of hydrogen-bond donors (Lipinski definition) is 1. The van der Waals surface area contributed by atoms with Gasteiger partial charge in [-0.25, -0.2) is 4.57 Å². The van der Waals surface area contributed by atoms with Crippen LogP contribution in [0.1, 0.15) is 271 Å². The molecule has 0 aromatic carbocycles. The third kappa shape index (κ3) is 58.7. The van der Waals surface area contributed by atoms with E-state index in [0.717, 1.165) is 83.5 Å². The van der Waals surface area contributed by atoms with Crippen LogP contribution < -0.4 is 0 Å². The zero-order valence-electron chi connectivity index (χ0n) is 48.8. The van der Waals surface area contributed by atoms with E-state index in [4.69, 9.17) is 18.5 Å². The Morgan fingerprint density at radius 1 is 0.432 bits per heavy atom. The minimum atomic E-state index is -4.40. The zero-order valence-corrected chi connectivity index (χ0v) is 49.7. The summed E-state index contributed by atoms with van der Waals surface area (Å²) in [5, 5.41) is 0. The van der Waals surface area contributed by atoms with Gasteiger partial charge < -0.3 is 18.9 Å². The molecular weight excluding hydrogens is 942 g/mol. The Balaban J connectivity index is 4.12. The number of nitrogens with zero attached hydrogens (tertiary/aromatic N) is 1. The highest BCUT2D eigenvalue weighted by Gasteiger charge is 2.27. The van der Waals surface area contributed by atoms with Crippen LogP contribution in [0.2, 0.25) is 0 Å². The molecule has 0 spiro atoms. The lowest BCUT2D eigenvalue weighted by molar-refractivity contribution is -0.870. The number of ether oxygens (including phenoxy) is 2. The van der Waals surface area contributed by atoms with Crippen molar-refractivity contribution in [1.29, 1.82) is 0 Å². The van der Waals surface area contributed by atoms with Gasteiger partial charge >= 0.3 is 19.8 Å². The molecule has 1 N–H and O–H groups in total. The van der Waals surface area contributed by atoms with Gasteiger partial charge in [-0.05, 0) is 83.5 Å². The first-order chi connectivity index (χ1) is 36.0. The first kappa shape index (κ1) is 71.5. The summed E-state index contributed by atoms with van der Waals surface area (Å²) in [6.07, 6.45) is 72.7. The second kappa shape index (κ2) is 55.2. The van der Waals surface area contributed by atoms with Gasteiger partial charge in [-0.2, -0.15) is 0 Å². The van der Waals surface area contributed by atoms with Crippen molar-refractivity contribution in [2.45, 2.75) is 277 Å². The number of phosphoric acid groups is 1. The predicted molar refractivity (Wildman–Crippen MR) is 316 cm³/mol. The van der Waals surface area contributed by atoms with Gasteiger partial charge in [0.2, 0.25) is 0 Å². The minimum Gasteiger partial charge on any atom is -0.462 e. The highest BCUT2D eigenvalue weighted by atomic mass is 31.2. The lowest BCUT2D eigenvalue weighted by Gasteiger charge is -2.24. The summed E-state index contributed by atoms with van der Waals surface area (Å²) >= 11 is 0. The third-order valence-electron chi connectivity index (χ3n) is 13.2. The van der Waals surface area contributed by atoms with E-state index in [9.17, 15) is 19.0 Å². The first-order valence-electron chi connectivity index (χ1n) is 30.7. The molecule has 0 amide bonds. The van der Waals surface area contributed by atoms with Crippen molar-refractivity contribution in [2.75, 3.05) is 47.5 Å². The Labute approximate surface area is 457 Å². The molecule has 0 heterocycles. The van der Waals surface area contributed by atoms with Crippen molar-refractivity contribution in [3.63, 3.8) is 0 Å². The Morgan fingerprint density at radius 3 is 1.16 bits per heavy atom. The van der Waals surface area contributed by atoms with Crippen LogP contribution in [0.4, 0.5) is 0 Å². The maximum Gasteiger partial charge on any atom is 0.472 e. The predicted octanol–water partition coefficient (Wildman–Crippen LogP) is 19.3. The number of quaternary nitrogens is 1. The van der Waals surface area contributed by atoms with E-state index in [1.54, 1.807) is 0 Å². The Morgan fingerprint density at radius 2 is 0.770 bits per heavy atom. The highest BCUT2D eigenvalue weighted by molar-refractivity contribution is 7.47. The number of carbonyl (C=O) groups excluding carboxylic acids is 2. The Bertz CT molecular complexity index is 1480. The lowest BCUT2D eigenvalue weighted by atomic mass is 10.0. The van der Waals surface area contributed by atoms with Crippen molar-refractivity contribution >= 4 is 19.8 Å². The maximum atomic E-state index is 12.8. The van der Waals surface area contributed by atoms with Crippen LogP contribution in [0, 0.1) is 0 Å². The van der Waals surface area contributed by atoms with E-state index < -0.39 is 26.5 Å². The molecule has 2 atom stereocenters. The Hall–Kier alpha value is -2.55. The van der Waals surface area contributed by atoms with Crippen molar-refractivity contribution in [2.24, 2.45) is 0 Å². The molecule has 0 rings (SSSR count). The number of allylic oxidation sites excluding steroid dienone is 12. The summed E-state index contributed by atoms with van der Waals surface area (Å²) in [5.74, 6) is -0.814. The number of likely N-dealkylation sites (N-methyl/N-ethyl adjacent to an activating group) is 1. The largest absolute Gasteiger partial charge is 0.472 e. The lowest BCUT2D eigenvalue weighted by Crippen LogP contribution is -2.37. The fourth-order valence-corrected chi connectivity index (χ4v) is 9.25. The van der Waals surface area contributed by atoms with Crippen LogP contribution in [0.15, 0.2) is 72.9 Å². The molecule has 0 aliphatic heterocycles. The van der Waals surface area contributed by atoms with E-state index in [1.807, 2.05) is 21.1 Å². The summed E-state index contributed by atoms with van der Waals surface area (Å²) < 4.78 is 34.6. The normalized spacial score (nSPS) is 13.8. The maximum absolute atomic E-state index is 12.8. The number of hydrogen-bond acceptors (Lipinski definition) is 7. The Kier molecular flexibility index (Phi) is 53.3. The molecule has 0 fully saturated rings. The second-order valence-electron chi connectivity index (χ2n) is 21.7. The van der Waals surface area contributed by atoms with E-state index in [1.165, 1.54) is 154 Å². The number of unbranched alkanes of at least 4 members (excludes halogenated alkanes) is 30. The van der Waals surface area contributed by atoms with Gasteiger partial charge in [0.1, 0.15) is 19.8 Å². The highest BCUT2D eigenvalue weighted by Crippen LogP contribution is 2.43. The van der Waals surface area contributed by atoms with Crippen molar-refractivity contribution in [3.8, 4) is 0 Å². The standard InChI is InChI=1S/C64H116NO8P/c1-6-8-10-12-14-16-18-20-22-24-26-28-29-30-31-32-33-34-35-37-38-40-42-44-46-48-50-52-54-56-63(66)70-60-62(61-72-74(68,69)71-59-58-65(3,4)5)73-64(67)57-55-53-51-49-47-45-43-41-39-36-27-25-23-21-19-17-15-13-11-9-7-2/h9,11,15,17,21,23-24,26-27,36,41,43,62H,6-8,10,12-14,16,18-20,22,25,28-35,37-40,42,44-61H2,1-5H3/p+1/b11-9-,17-15-,23-21-,26-24-,36-27-,43-41-. The first-order valence-corrected chi connectivity index (χ1v) is 32.2. The van der Waals surface area contributed by atoms with Crippen LogP contribution >= 0.6 is 7.82 Å². The number of carbonyl (C=O) groups is 2.